The highest BCUT2D eigenvalue weighted by molar-refractivity contribution is 5.24. The number of hydrogen-bond donors (Lipinski definition) is 1. The van der Waals surface area contributed by atoms with E-state index in [0.717, 1.165) is 16.8 Å². The highest BCUT2D eigenvalue weighted by Gasteiger charge is 2.12. The number of aryl methyl sites for hydroxylation is 1. The Morgan fingerprint density at radius 1 is 1.28 bits per heavy atom. The third-order valence-corrected chi connectivity index (χ3v) is 3.05. The molecule has 0 saturated heterocycles. The van der Waals surface area contributed by atoms with E-state index in [1.807, 2.05) is 38.2 Å². The smallest absolute Gasteiger partial charge is 0.126 e. The van der Waals surface area contributed by atoms with Crippen molar-refractivity contribution >= 4 is 0 Å². The fourth-order valence-electron chi connectivity index (χ4n) is 2.05. The summed E-state index contributed by atoms with van der Waals surface area (Å²) in [6.07, 6.45) is 2.42. The van der Waals surface area contributed by atoms with Crippen LogP contribution in [0.2, 0.25) is 0 Å². The van der Waals surface area contributed by atoms with Crippen molar-refractivity contribution < 1.29 is 4.39 Å². The first-order valence-electron chi connectivity index (χ1n) is 6.04. The van der Waals surface area contributed by atoms with E-state index in [1.54, 1.807) is 12.3 Å². The van der Waals surface area contributed by atoms with Crippen molar-refractivity contribution in [2.24, 2.45) is 0 Å². The Labute approximate surface area is 107 Å². The van der Waals surface area contributed by atoms with E-state index in [4.69, 9.17) is 0 Å². The second kappa shape index (κ2) is 5.74. The third kappa shape index (κ3) is 2.93. The molecule has 1 unspecified atom stereocenters. The molecular formula is C15H17FN2. The van der Waals surface area contributed by atoms with Crippen LogP contribution < -0.4 is 5.32 Å². The van der Waals surface area contributed by atoms with Gasteiger partial charge in [0.25, 0.3) is 0 Å². The topological polar surface area (TPSA) is 24.9 Å². The minimum absolute atomic E-state index is 0.101. The number of hydrogen-bond acceptors (Lipinski definition) is 2. The third-order valence-electron chi connectivity index (χ3n) is 3.05. The summed E-state index contributed by atoms with van der Waals surface area (Å²) in [5.41, 5.74) is 2.83. The molecule has 1 atom stereocenters. The zero-order chi connectivity index (χ0) is 13.0. The first-order chi connectivity index (χ1) is 8.70. The van der Waals surface area contributed by atoms with Gasteiger partial charge in [0.05, 0.1) is 0 Å². The molecule has 2 aromatic rings. The van der Waals surface area contributed by atoms with Crippen LogP contribution in [0.3, 0.4) is 0 Å². The van der Waals surface area contributed by atoms with E-state index in [0.29, 0.717) is 6.42 Å². The molecule has 18 heavy (non-hydrogen) atoms. The number of nitrogens with zero attached hydrogens (tertiary/aromatic N) is 1. The van der Waals surface area contributed by atoms with Crippen LogP contribution in [-0.4, -0.2) is 12.0 Å². The lowest BCUT2D eigenvalue weighted by molar-refractivity contribution is 0.554. The molecule has 2 nitrogen and oxygen atoms in total. The summed E-state index contributed by atoms with van der Waals surface area (Å²) in [6, 6.07) is 11.0. The van der Waals surface area contributed by atoms with Gasteiger partial charge in [-0.3, -0.25) is 4.98 Å². The Bertz CT molecular complexity index is 525. The maximum atomic E-state index is 13.6. The molecule has 0 bridgehead atoms. The first-order valence-corrected chi connectivity index (χ1v) is 6.04. The van der Waals surface area contributed by atoms with Crippen molar-refractivity contribution in [3.63, 3.8) is 0 Å². The molecule has 0 aliphatic heterocycles. The molecule has 0 aliphatic rings. The highest BCUT2D eigenvalue weighted by atomic mass is 19.1. The van der Waals surface area contributed by atoms with Gasteiger partial charge < -0.3 is 5.32 Å². The molecule has 0 spiro atoms. The van der Waals surface area contributed by atoms with Gasteiger partial charge >= 0.3 is 0 Å². The number of halogens is 1. The Hall–Kier alpha value is -1.74. The molecule has 0 radical (unpaired) electrons. The van der Waals surface area contributed by atoms with E-state index in [-0.39, 0.29) is 11.9 Å². The van der Waals surface area contributed by atoms with Crippen molar-refractivity contribution in [3.8, 4) is 0 Å². The minimum atomic E-state index is -0.150. The number of pyridine rings is 1. The monoisotopic (exact) mass is 244 g/mol. The standard InChI is InChI=1S/C15H17FN2/c1-11-9-13(7-8-18-11)15(17-2)10-12-5-3-4-6-14(12)16/h3-9,15,17H,10H2,1-2H3. The molecule has 94 valence electrons. The SMILES string of the molecule is CNC(Cc1ccccc1F)c1ccnc(C)c1. The largest absolute Gasteiger partial charge is 0.313 e. The van der Waals surface area contributed by atoms with Crippen LogP contribution in [0.25, 0.3) is 0 Å². The van der Waals surface area contributed by atoms with Gasteiger partial charge in [-0.2, -0.15) is 0 Å². The molecule has 0 amide bonds. The summed E-state index contributed by atoms with van der Waals surface area (Å²) in [5, 5.41) is 3.23. The Morgan fingerprint density at radius 2 is 2.06 bits per heavy atom. The Kier molecular flexibility index (Phi) is 4.05. The lowest BCUT2D eigenvalue weighted by atomic mass is 9.99. The average molecular weight is 244 g/mol. The molecule has 0 fully saturated rings. The molecule has 1 aromatic carbocycles. The van der Waals surface area contributed by atoms with E-state index >= 15 is 0 Å². The van der Waals surface area contributed by atoms with E-state index in [9.17, 15) is 4.39 Å². The molecule has 3 heteroatoms. The minimum Gasteiger partial charge on any atom is -0.313 e. The normalized spacial score (nSPS) is 12.4. The molecule has 0 aliphatic carbocycles. The Morgan fingerprint density at radius 3 is 2.72 bits per heavy atom. The number of benzene rings is 1. The molecule has 1 heterocycles. The van der Waals surface area contributed by atoms with Crippen LogP contribution in [0.1, 0.15) is 22.9 Å². The maximum Gasteiger partial charge on any atom is 0.126 e. The van der Waals surface area contributed by atoms with Crippen LogP contribution >= 0.6 is 0 Å². The molecule has 2 rings (SSSR count). The first kappa shape index (κ1) is 12.7. The number of rotatable bonds is 4. The molecule has 1 aromatic heterocycles. The van der Waals surface area contributed by atoms with Gasteiger partial charge in [0.1, 0.15) is 5.82 Å². The molecule has 0 saturated carbocycles. The summed E-state index contributed by atoms with van der Waals surface area (Å²) in [7, 11) is 1.89. The van der Waals surface area contributed by atoms with Gasteiger partial charge in [-0.15, -0.1) is 0 Å². The van der Waals surface area contributed by atoms with Crippen molar-refractivity contribution in [1.82, 2.24) is 10.3 Å². The Balaban J connectivity index is 2.23. The van der Waals surface area contributed by atoms with Gasteiger partial charge in [0.2, 0.25) is 0 Å². The molecular weight excluding hydrogens is 227 g/mol. The number of likely N-dealkylation sites (N-methyl/N-ethyl adjacent to an activating group) is 1. The van der Waals surface area contributed by atoms with Crippen LogP contribution in [0.15, 0.2) is 42.6 Å². The van der Waals surface area contributed by atoms with Crippen molar-refractivity contribution in [3.05, 3.63) is 65.2 Å². The second-order valence-corrected chi connectivity index (χ2v) is 4.37. The lowest BCUT2D eigenvalue weighted by Gasteiger charge is -2.17. The number of nitrogens with one attached hydrogen (secondary N) is 1. The van der Waals surface area contributed by atoms with Gasteiger partial charge in [-0.1, -0.05) is 18.2 Å². The predicted octanol–water partition coefficient (Wildman–Crippen LogP) is 3.03. The van der Waals surface area contributed by atoms with Gasteiger partial charge in [0, 0.05) is 17.9 Å². The van der Waals surface area contributed by atoms with Crippen LogP contribution in [0.4, 0.5) is 4.39 Å². The predicted molar refractivity (Wildman–Crippen MR) is 70.9 cm³/mol. The second-order valence-electron chi connectivity index (χ2n) is 4.37. The van der Waals surface area contributed by atoms with Crippen LogP contribution in [-0.2, 0) is 6.42 Å². The average Bonchev–Trinajstić information content (AvgIpc) is 2.38. The zero-order valence-electron chi connectivity index (χ0n) is 10.7. The van der Waals surface area contributed by atoms with Crippen molar-refractivity contribution in [2.75, 3.05) is 7.05 Å². The van der Waals surface area contributed by atoms with Gasteiger partial charge in [0.15, 0.2) is 0 Å². The van der Waals surface area contributed by atoms with E-state index in [2.05, 4.69) is 10.3 Å². The van der Waals surface area contributed by atoms with Gasteiger partial charge in [-0.05, 0) is 49.7 Å². The maximum absolute atomic E-state index is 13.6. The van der Waals surface area contributed by atoms with Crippen LogP contribution in [0, 0.1) is 12.7 Å². The van der Waals surface area contributed by atoms with E-state index in [1.165, 1.54) is 6.07 Å². The zero-order valence-corrected chi connectivity index (χ0v) is 10.7. The number of aromatic nitrogens is 1. The van der Waals surface area contributed by atoms with Gasteiger partial charge in [-0.25, -0.2) is 4.39 Å². The highest BCUT2D eigenvalue weighted by Crippen LogP contribution is 2.19. The summed E-state index contributed by atoms with van der Waals surface area (Å²) in [5.74, 6) is -0.150. The summed E-state index contributed by atoms with van der Waals surface area (Å²) in [4.78, 5) is 4.18. The lowest BCUT2D eigenvalue weighted by Crippen LogP contribution is -2.19. The summed E-state index contributed by atoms with van der Waals surface area (Å²) in [6.45, 7) is 1.96. The fraction of sp³-hybridized carbons (Fsp3) is 0.267. The molecule has 1 N–H and O–H groups in total. The van der Waals surface area contributed by atoms with Crippen LogP contribution in [0.5, 0.6) is 0 Å². The quantitative estimate of drug-likeness (QED) is 0.894. The van der Waals surface area contributed by atoms with Crippen molar-refractivity contribution in [1.29, 1.82) is 0 Å². The fourth-order valence-corrected chi connectivity index (χ4v) is 2.05. The summed E-state index contributed by atoms with van der Waals surface area (Å²) >= 11 is 0. The summed E-state index contributed by atoms with van der Waals surface area (Å²) < 4.78 is 13.6. The van der Waals surface area contributed by atoms with E-state index < -0.39 is 0 Å². The van der Waals surface area contributed by atoms with Crippen molar-refractivity contribution in [2.45, 2.75) is 19.4 Å².